The number of aromatic nitrogens is 2. The second kappa shape index (κ2) is 7.61. The standard InChI is InChI=1S/C16H21N3O2/c1-4-12-10-14-15(11-13(12)5-2)19-16(18-14)17-6-7-21-9-8-20-3/h4-5,10-11H,1-2,6-9H2,3H3,(H2,17,18,19). The smallest absolute Gasteiger partial charge is 0.201 e. The molecule has 0 atom stereocenters. The third-order valence-corrected chi connectivity index (χ3v) is 3.10. The number of H-pyrrole nitrogens is 1. The summed E-state index contributed by atoms with van der Waals surface area (Å²) in [6, 6.07) is 4.02. The van der Waals surface area contributed by atoms with Crippen molar-refractivity contribution in [3.63, 3.8) is 0 Å². The minimum absolute atomic E-state index is 0.601. The zero-order chi connectivity index (χ0) is 15.1. The molecule has 2 N–H and O–H groups in total. The molecular formula is C16H21N3O2. The molecule has 0 aliphatic carbocycles. The molecule has 0 fully saturated rings. The molecule has 112 valence electrons. The van der Waals surface area contributed by atoms with Gasteiger partial charge in [0.15, 0.2) is 0 Å². The first-order chi connectivity index (χ1) is 10.3. The molecule has 0 spiro atoms. The number of rotatable bonds is 9. The van der Waals surface area contributed by atoms with Gasteiger partial charge in [0.1, 0.15) is 0 Å². The van der Waals surface area contributed by atoms with Crippen LogP contribution in [0, 0.1) is 0 Å². The molecular weight excluding hydrogens is 266 g/mol. The lowest BCUT2D eigenvalue weighted by Crippen LogP contribution is -2.12. The molecule has 2 aromatic rings. The predicted octanol–water partition coefficient (Wildman–Crippen LogP) is 2.92. The fourth-order valence-corrected chi connectivity index (χ4v) is 2.01. The van der Waals surface area contributed by atoms with Crippen molar-refractivity contribution in [2.24, 2.45) is 0 Å². The lowest BCUT2D eigenvalue weighted by atomic mass is 10.1. The van der Waals surface area contributed by atoms with E-state index in [0.717, 1.165) is 28.1 Å². The van der Waals surface area contributed by atoms with E-state index < -0.39 is 0 Å². The molecule has 0 bridgehead atoms. The van der Waals surface area contributed by atoms with E-state index in [2.05, 4.69) is 28.4 Å². The van der Waals surface area contributed by atoms with Crippen LogP contribution in [-0.2, 0) is 9.47 Å². The minimum atomic E-state index is 0.601. The van der Waals surface area contributed by atoms with E-state index in [-0.39, 0.29) is 0 Å². The van der Waals surface area contributed by atoms with E-state index in [0.29, 0.717) is 26.4 Å². The topological polar surface area (TPSA) is 59.2 Å². The van der Waals surface area contributed by atoms with Crippen molar-refractivity contribution in [2.75, 3.05) is 38.8 Å². The number of hydrogen-bond acceptors (Lipinski definition) is 4. The molecule has 1 aromatic carbocycles. The summed E-state index contributed by atoms with van der Waals surface area (Å²) in [5, 5.41) is 3.20. The highest BCUT2D eigenvalue weighted by Crippen LogP contribution is 2.21. The van der Waals surface area contributed by atoms with Gasteiger partial charge in [0.25, 0.3) is 0 Å². The molecule has 0 saturated carbocycles. The molecule has 0 saturated heterocycles. The van der Waals surface area contributed by atoms with E-state index in [1.54, 1.807) is 7.11 Å². The number of fused-ring (bicyclic) bond motifs is 1. The van der Waals surface area contributed by atoms with Crippen molar-refractivity contribution in [2.45, 2.75) is 0 Å². The van der Waals surface area contributed by atoms with Crippen LogP contribution in [0.15, 0.2) is 25.3 Å². The minimum Gasteiger partial charge on any atom is -0.382 e. The van der Waals surface area contributed by atoms with Crippen molar-refractivity contribution >= 4 is 29.1 Å². The molecule has 0 amide bonds. The molecule has 0 aliphatic rings. The average molecular weight is 287 g/mol. The third-order valence-electron chi connectivity index (χ3n) is 3.10. The summed E-state index contributed by atoms with van der Waals surface area (Å²) in [7, 11) is 1.66. The van der Waals surface area contributed by atoms with Gasteiger partial charge in [-0.25, -0.2) is 4.98 Å². The molecule has 5 heteroatoms. The summed E-state index contributed by atoms with van der Waals surface area (Å²) in [6.45, 7) is 10.1. The van der Waals surface area contributed by atoms with Gasteiger partial charge >= 0.3 is 0 Å². The summed E-state index contributed by atoms with van der Waals surface area (Å²) >= 11 is 0. The van der Waals surface area contributed by atoms with Crippen LogP contribution < -0.4 is 5.32 Å². The van der Waals surface area contributed by atoms with Gasteiger partial charge in [0, 0.05) is 13.7 Å². The largest absolute Gasteiger partial charge is 0.382 e. The normalized spacial score (nSPS) is 10.7. The van der Waals surface area contributed by atoms with E-state index >= 15 is 0 Å². The van der Waals surface area contributed by atoms with E-state index in [4.69, 9.17) is 9.47 Å². The highest BCUT2D eigenvalue weighted by Gasteiger charge is 2.05. The van der Waals surface area contributed by atoms with Crippen molar-refractivity contribution in [1.29, 1.82) is 0 Å². The number of benzene rings is 1. The molecule has 1 heterocycles. The van der Waals surface area contributed by atoms with Crippen LogP contribution in [0.5, 0.6) is 0 Å². The Morgan fingerprint density at radius 3 is 2.67 bits per heavy atom. The number of aromatic amines is 1. The van der Waals surface area contributed by atoms with Crippen LogP contribution in [0.4, 0.5) is 5.95 Å². The number of nitrogens with one attached hydrogen (secondary N) is 2. The van der Waals surface area contributed by atoms with Crippen LogP contribution in [0.3, 0.4) is 0 Å². The second-order valence-electron chi connectivity index (χ2n) is 4.52. The van der Waals surface area contributed by atoms with Gasteiger partial charge in [-0.15, -0.1) is 0 Å². The third kappa shape index (κ3) is 3.93. The Kier molecular flexibility index (Phi) is 5.54. The molecule has 5 nitrogen and oxygen atoms in total. The maximum Gasteiger partial charge on any atom is 0.201 e. The van der Waals surface area contributed by atoms with Crippen LogP contribution in [0.2, 0.25) is 0 Å². The maximum atomic E-state index is 5.39. The lowest BCUT2D eigenvalue weighted by Gasteiger charge is -2.04. The lowest BCUT2D eigenvalue weighted by molar-refractivity contribution is 0.0759. The summed E-state index contributed by atoms with van der Waals surface area (Å²) in [6.07, 6.45) is 3.62. The van der Waals surface area contributed by atoms with Gasteiger partial charge in [-0.3, -0.25) is 0 Å². The fourth-order valence-electron chi connectivity index (χ4n) is 2.01. The molecule has 1 aromatic heterocycles. The second-order valence-corrected chi connectivity index (χ2v) is 4.52. The maximum absolute atomic E-state index is 5.39. The molecule has 0 radical (unpaired) electrons. The molecule has 0 aliphatic heterocycles. The number of methoxy groups -OCH3 is 1. The van der Waals surface area contributed by atoms with Gasteiger partial charge in [-0.05, 0) is 23.3 Å². The number of imidazole rings is 1. The first-order valence-electron chi connectivity index (χ1n) is 6.87. The predicted molar refractivity (Wildman–Crippen MR) is 87.5 cm³/mol. The Hall–Kier alpha value is -2.11. The van der Waals surface area contributed by atoms with E-state index in [9.17, 15) is 0 Å². The Morgan fingerprint density at radius 2 is 1.95 bits per heavy atom. The molecule has 2 rings (SSSR count). The highest BCUT2D eigenvalue weighted by atomic mass is 16.5. The summed E-state index contributed by atoms with van der Waals surface area (Å²) in [5.74, 6) is 0.733. The average Bonchev–Trinajstić information content (AvgIpc) is 2.90. The van der Waals surface area contributed by atoms with Crippen molar-refractivity contribution in [3.8, 4) is 0 Å². The van der Waals surface area contributed by atoms with Crippen molar-refractivity contribution < 1.29 is 9.47 Å². The van der Waals surface area contributed by atoms with Gasteiger partial charge in [0.2, 0.25) is 5.95 Å². The summed E-state index contributed by atoms with van der Waals surface area (Å²) < 4.78 is 10.3. The zero-order valence-electron chi connectivity index (χ0n) is 12.3. The first kappa shape index (κ1) is 15.3. The fraction of sp³-hybridized carbons (Fsp3) is 0.312. The van der Waals surface area contributed by atoms with Gasteiger partial charge in [0.05, 0.1) is 30.9 Å². The Labute approximate surface area is 124 Å². The highest BCUT2D eigenvalue weighted by molar-refractivity contribution is 5.84. The van der Waals surface area contributed by atoms with Crippen LogP contribution >= 0.6 is 0 Å². The Bertz CT molecular complexity index is 574. The SMILES string of the molecule is C=Cc1cc2nc(NCCOCCOC)[nH]c2cc1C=C. The monoisotopic (exact) mass is 287 g/mol. The Morgan fingerprint density at radius 1 is 1.19 bits per heavy atom. The van der Waals surface area contributed by atoms with E-state index in [1.165, 1.54) is 0 Å². The number of hydrogen-bond donors (Lipinski definition) is 2. The summed E-state index contributed by atoms with van der Waals surface area (Å²) in [5.41, 5.74) is 3.94. The van der Waals surface area contributed by atoms with Gasteiger partial charge < -0.3 is 19.8 Å². The molecule has 0 unspecified atom stereocenters. The number of nitrogens with zero attached hydrogens (tertiary/aromatic N) is 1. The van der Waals surface area contributed by atoms with Crippen molar-refractivity contribution in [3.05, 3.63) is 36.4 Å². The van der Waals surface area contributed by atoms with Gasteiger partial charge in [-0.2, -0.15) is 0 Å². The number of ether oxygens (including phenoxy) is 2. The van der Waals surface area contributed by atoms with Crippen LogP contribution in [0.25, 0.3) is 23.2 Å². The molecule has 21 heavy (non-hydrogen) atoms. The van der Waals surface area contributed by atoms with Crippen LogP contribution in [0.1, 0.15) is 11.1 Å². The van der Waals surface area contributed by atoms with Crippen molar-refractivity contribution in [1.82, 2.24) is 9.97 Å². The summed E-state index contributed by atoms with van der Waals surface area (Å²) in [4.78, 5) is 7.74. The Balaban J connectivity index is 1.98. The number of anilines is 1. The first-order valence-corrected chi connectivity index (χ1v) is 6.87. The zero-order valence-corrected chi connectivity index (χ0v) is 12.3. The quantitative estimate of drug-likeness (QED) is 0.696. The van der Waals surface area contributed by atoms with Crippen LogP contribution in [-0.4, -0.2) is 43.4 Å². The van der Waals surface area contributed by atoms with E-state index in [1.807, 2.05) is 24.3 Å². The van der Waals surface area contributed by atoms with Gasteiger partial charge in [-0.1, -0.05) is 25.3 Å².